The number of carbonyl (C=O) groups is 4. The van der Waals surface area contributed by atoms with Gasteiger partial charge in [-0.15, -0.1) is 0 Å². The van der Waals surface area contributed by atoms with E-state index in [9.17, 15) is 29.4 Å². The first-order chi connectivity index (χ1) is 24.6. The minimum Gasteiger partial charge on any atom is -0.481 e. The van der Waals surface area contributed by atoms with Gasteiger partial charge in [0.15, 0.2) is 0 Å². The Kier molecular flexibility index (Phi) is 10.6. The predicted octanol–water partition coefficient (Wildman–Crippen LogP) is 7.55. The second-order valence-electron chi connectivity index (χ2n) is 21.0. The highest BCUT2D eigenvalue weighted by Crippen LogP contribution is 2.78. The number of nitrogens with zero attached hydrogens (tertiary/aromatic N) is 1. The predicted molar refractivity (Wildman–Crippen MR) is 204 cm³/mol. The van der Waals surface area contributed by atoms with Gasteiger partial charge >= 0.3 is 11.9 Å². The summed E-state index contributed by atoms with van der Waals surface area (Å²) in [6, 6.07) is -0.0944. The zero-order valence-corrected chi connectivity index (χ0v) is 34.2. The molecule has 9 heteroatoms. The van der Waals surface area contributed by atoms with Crippen molar-refractivity contribution in [3.05, 3.63) is 12.2 Å². The van der Waals surface area contributed by atoms with Crippen LogP contribution >= 0.6 is 0 Å². The summed E-state index contributed by atoms with van der Waals surface area (Å²) < 4.78 is 6.27. The first-order valence-corrected chi connectivity index (χ1v) is 20.9. The van der Waals surface area contributed by atoms with Crippen molar-refractivity contribution in [2.24, 2.45) is 62.1 Å². The van der Waals surface area contributed by atoms with E-state index in [1.165, 1.54) is 18.4 Å². The summed E-state index contributed by atoms with van der Waals surface area (Å²) in [5, 5.41) is 21.4. The lowest BCUT2D eigenvalue weighted by Crippen LogP contribution is -2.67. The first kappa shape index (κ1) is 40.2. The molecule has 3 N–H and O–H groups in total. The molecule has 1 saturated heterocycles. The van der Waals surface area contributed by atoms with Gasteiger partial charge in [0.25, 0.3) is 0 Å². The van der Waals surface area contributed by atoms with Crippen molar-refractivity contribution in [3.8, 4) is 0 Å². The number of allylic oxidation sites excluding steroid dienone is 1. The average Bonchev–Trinajstić information content (AvgIpc) is 3.67. The zero-order valence-electron chi connectivity index (χ0n) is 34.2. The smallest absolute Gasteiger partial charge is 0.306 e. The summed E-state index contributed by atoms with van der Waals surface area (Å²) in [4.78, 5) is 52.6. The van der Waals surface area contributed by atoms with Gasteiger partial charge in [0.2, 0.25) is 11.8 Å². The van der Waals surface area contributed by atoms with Crippen molar-refractivity contribution in [2.45, 2.75) is 157 Å². The third-order valence-electron chi connectivity index (χ3n) is 17.3. The minimum absolute atomic E-state index is 0.0232. The second kappa shape index (κ2) is 14.0. The minimum atomic E-state index is -0.895. The molecule has 0 aromatic carbocycles. The Morgan fingerprint density at radius 2 is 1.58 bits per heavy atom. The molecule has 0 radical (unpaired) electrons. The van der Waals surface area contributed by atoms with Gasteiger partial charge in [0.1, 0.15) is 12.7 Å². The molecule has 6 fully saturated rings. The molecule has 1 aliphatic heterocycles. The lowest BCUT2D eigenvalue weighted by molar-refractivity contribution is -0.250. The molecule has 9 nitrogen and oxygen atoms in total. The molecule has 0 unspecified atom stereocenters. The molecule has 6 rings (SSSR count). The fraction of sp³-hybridized carbons (Fsp3) is 0.864. The molecule has 5 aliphatic carbocycles. The van der Waals surface area contributed by atoms with Gasteiger partial charge in [-0.2, -0.15) is 0 Å². The van der Waals surface area contributed by atoms with Crippen molar-refractivity contribution >= 4 is 23.8 Å². The normalized spacial score (nSPS) is 41.7. The van der Waals surface area contributed by atoms with Crippen LogP contribution in [0.1, 0.15) is 145 Å². The first-order valence-electron chi connectivity index (χ1n) is 20.9. The van der Waals surface area contributed by atoms with Crippen molar-refractivity contribution in [2.75, 3.05) is 19.7 Å². The summed E-state index contributed by atoms with van der Waals surface area (Å²) >= 11 is 0. The standard InChI is InChI=1S/C44H70N2O7/c1-27(2)29-12-18-44(22-35(49)46-21-15-28(25-46)45-34(48)26-47)20-19-42(8)30(38(29)44)10-11-32-41(7)16-14-33(40(5,6)31(41)13-17-43(32,42)9)53-37(52)24-39(3,4)23-36(50)51/h28-33,38,47H,1,10-26H2,2-9H3,(H,45,48)(H,50,51)/t28-,29-,30+,31-,32+,33-,38+,41-,42+,43+,44+/m0/s1. The number of esters is 1. The van der Waals surface area contributed by atoms with Gasteiger partial charge in [0, 0.05) is 31.0 Å². The molecule has 0 aromatic heterocycles. The number of fused-ring (bicyclic) bond motifs is 7. The number of carbonyl (C=O) groups excluding carboxylic acids is 3. The third kappa shape index (κ3) is 6.79. The lowest BCUT2D eigenvalue weighted by Gasteiger charge is -2.73. The maximum atomic E-state index is 14.1. The monoisotopic (exact) mass is 739 g/mol. The van der Waals surface area contributed by atoms with Crippen molar-refractivity contribution in [3.63, 3.8) is 0 Å². The van der Waals surface area contributed by atoms with Crippen LogP contribution in [0.2, 0.25) is 0 Å². The number of amides is 2. The quantitative estimate of drug-likeness (QED) is 0.156. The third-order valence-corrected chi connectivity index (χ3v) is 17.3. The number of hydrogen-bond donors (Lipinski definition) is 3. The van der Waals surface area contributed by atoms with Crippen molar-refractivity contribution in [1.82, 2.24) is 10.2 Å². The van der Waals surface area contributed by atoms with Gasteiger partial charge in [-0.3, -0.25) is 19.2 Å². The van der Waals surface area contributed by atoms with Crippen LogP contribution in [0.4, 0.5) is 0 Å². The SMILES string of the molecule is C=C(C)[C@@H]1CC[C@]2(CC(=O)N3CC[C@H](NC(=O)CO)C3)CC[C@]3(C)[C@H](CC[C@@H]4[C@@]5(C)CC[C@H](OC(=O)CC(C)(C)CC(=O)O)C(C)(C)[C@@H]5CC[C@]43C)[C@@H]12. The summed E-state index contributed by atoms with van der Waals surface area (Å²) in [5.74, 6) is 1.06. The van der Waals surface area contributed by atoms with E-state index in [4.69, 9.17) is 4.74 Å². The van der Waals surface area contributed by atoms with Crippen LogP contribution < -0.4 is 5.32 Å². The Morgan fingerprint density at radius 3 is 2.25 bits per heavy atom. The molecule has 11 atom stereocenters. The number of hydrogen-bond acceptors (Lipinski definition) is 6. The van der Waals surface area contributed by atoms with E-state index in [1.54, 1.807) is 0 Å². The fourth-order valence-corrected chi connectivity index (χ4v) is 14.6. The summed E-state index contributed by atoms with van der Waals surface area (Å²) in [6.07, 6.45) is 12.1. The van der Waals surface area contributed by atoms with Gasteiger partial charge < -0.3 is 25.2 Å². The Hall–Kier alpha value is -2.42. The molecule has 1 heterocycles. The Bertz CT molecular complexity index is 1490. The number of aliphatic hydroxyl groups excluding tert-OH is 1. The topological polar surface area (TPSA) is 133 Å². The molecule has 5 saturated carbocycles. The average molecular weight is 739 g/mol. The van der Waals surface area contributed by atoms with Crippen LogP contribution in [-0.4, -0.2) is 70.7 Å². The van der Waals surface area contributed by atoms with Crippen LogP contribution in [-0.2, 0) is 23.9 Å². The van der Waals surface area contributed by atoms with E-state index in [0.717, 1.165) is 57.8 Å². The number of rotatable bonds is 10. The summed E-state index contributed by atoms with van der Waals surface area (Å²) in [7, 11) is 0. The number of aliphatic carboxylic acids is 1. The van der Waals surface area contributed by atoms with Crippen LogP contribution in [0.3, 0.4) is 0 Å². The van der Waals surface area contributed by atoms with E-state index in [1.807, 2.05) is 18.7 Å². The number of ether oxygens (including phenoxy) is 1. The highest BCUT2D eigenvalue weighted by Gasteiger charge is 2.71. The van der Waals surface area contributed by atoms with Crippen LogP contribution in [0.15, 0.2) is 12.2 Å². The highest BCUT2D eigenvalue weighted by molar-refractivity contribution is 5.79. The molecule has 53 heavy (non-hydrogen) atoms. The lowest BCUT2D eigenvalue weighted by atomic mass is 9.32. The van der Waals surface area contributed by atoms with Gasteiger partial charge in [-0.25, -0.2) is 0 Å². The number of carboxylic acid groups (broad SMARTS) is 1. The van der Waals surface area contributed by atoms with Crippen LogP contribution in [0, 0.1) is 62.1 Å². The number of likely N-dealkylation sites (tertiary alicyclic amines) is 1. The summed E-state index contributed by atoms with van der Waals surface area (Å²) in [6.45, 7) is 23.5. The molecule has 6 aliphatic rings. The number of carboxylic acids is 1. The summed E-state index contributed by atoms with van der Waals surface area (Å²) in [5.41, 5.74) is 0.841. The maximum Gasteiger partial charge on any atom is 0.306 e. The van der Waals surface area contributed by atoms with E-state index >= 15 is 0 Å². The molecule has 298 valence electrons. The van der Waals surface area contributed by atoms with E-state index in [2.05, 4.69) is 53.4 Å². The van der Waals surface area contributed by atoms with Crippen molar-refractivity contribution < 1.29 is 34.1 Å². The van der Waals surface area contributed by atoms with Crippen LogP contribution in [0.5, 0.6) is 0 Å². The van der Waals surface area contributed by atoms with E-state index in [0.29, 0.717) is 49.1 Å². The zero-order chi connectivity index (χ0) is 38.9. The second-order valence-corrected chi connectivity index (χ2v) is 21.0. The van der Waals surface area contributed by atoms with Gasteiger partial charge in [-0.1, -0.05) is 60.6 Å². The van der Waals surface area contributed by atoms with Crippen LogP contribution in [0.25, 0.3) is 0 Å². The number of aliphatic hydroxyl groups is 1. The molecule has 2 amide bonds. The largest absolute Gasteiger partial charge is 0.481 e. The number of nitrogens with one attached hydrogen (secondary N) is 1. The molecular weight excluding hydrogens is 668 g/mol. The maximum absolute atomic E-state index is 14.1. The Balaban J connectivity index is 1.21. The van der Waals surface area contributed by atoms with Crippen molar-refractivity contribution in [1.29, 1.82) is 0 Å². The Morgan fingerprint density at radius 1 is 0.868 bits per heavy atom. The molecule has 0 spiro atoms. The van der Waals surface area contributed by atoms with Gasteiger partial charge in [0.05, 0.1) is 12.8 Å². The van der Waals surface area contributed by atoms with Gasteiger partial charge in [-0.05, 0) is 134 Å². The fourth-order valence-electron chi connectivity index (χ4n) is 14.6. The molecule has 0 aromatic rings. The molecule has 0 bridgehead atoms. The highest BCUT2D eigenvalue weighted by atomic mass is 16.5. The van der Waals surface area contributed by atoms with E-state index in [-0.39, 0.29) is 69.8 Å². The van der Waals surface area contributed by atoms with E-state index < -0.39 is 18.0 Å². The molecular formula is C44H70N2O7. The Labute approximate surface area is 318 Å².